The van der Waals surface area contributed by atoms with Crippen molar-refractivity contribution >= 4 is 28.2 Å². The molecule has 1 fully saturated rings. The zero-order valence-electron chi connectivity index (χ0n) is 23.5. The number of aryl methyl sites for hydroxylation is 1. The Labute approximate surface area is 243 Å². The molecule has 3 N–H and O–H groups in total. The maximum absolute atomic E-state index is 13.9. The van der Waals surface area contributed by atoms with Crippen LogP contribution in [0.25, 0.3) is 10.9 Å². The standard InChI is InChI=1S/C32H35N5O5/c1-42-25-7-9-27-20(16-25)10-13-34(27)12-3-11-33-32(39)26-17-21-15-24(37(40)41)6-8-29(21)36-18-22-14-23(31(26)36)19-35-28(22)4-2-5-30(35)38/h2,4-10,13,15-16,22-23,26,31,37,40H,3,11-12,14,17-19H2,1H3,(H,33,39)/t22?,23?,26-,31+/m1/s1. The predicted octanol–water partition coefficient (Wildman–Crippen LogP) is 2.59. The summed E-state index contributed by atoms with van der Waals surface area (Å²) in [6, 6.07) is 18.8. The number of fused-ring (bicyclic) bond motifs is 9. The third-order valence-electron chi connectivity index (χ3n) is 9.44. The van der Waals surface area contributed by atoms with Gasteiger partial charge >= 0.3 is 0 Å². The van der Waals surface area contributed by atoms with Crippen molar-refractivity contribution in [3.63, 3.8) is 0 Å². The van der Waals surface area contributed by atoms with Gasteiger partial charge in [0.15, 0.2) is 5.69 Å². The third kappa shape index (κ3) is 4.56. The molecule has 5 atom stereocenters. The summed E-state index contributed by atoms with van der Waals surface area (Å²) in [5.41, 5.74) is 4.31. The van der Waals surface area contributed by atoms with Gasteiger partial charge in [-0.3, -0.25) is 9.59 Å². The molecule has 0 spiro atoms. The number of amides is 1. The SMILES string of the molecule is COc1ccc2c(ccn2CCCNC(=O)[C@@H]2Cc3cc([NH+]([O-])O)ccc3N3CC4CC(Cn5c4cccc5=O)[C@@H]23)c1. The maximum atomic E-state index is 13.9. The molecule has 218 valence electrons. The second-order valence-electron chi connectivity index (χ2n) is 11.8. The molecule has 2 aromatic carbocycles. The van der Waals surface area contributed by atoms with Gasteiger partial charge in [-0.2, -0.15) is 5.23 Å². The molecule has 7 rings (SSSR count). The number of methoxy groups -OCH3 is 1. The molecule has 0 radical (unpaired) electrons. The van der Waals surface area contributed by atoms with Gasteiger partial charge in [-0.1, -0.05) is 6.07 Å². The number of rotatable bonds is 7. The summed E-state index contributed by atoms with van der Waals surface area (Å²) >= 11 is 0. The largest absolute Gasteiger partial charge is 0.595 e. The molecular weight excluding hydrogens is 534 g/mol. The summed E-state index contributed by atoms with van der Waals surface area (Å²) in [6.45, 7) is 2.59. The quantitative estimate of drug-likeness (QED) is 0.233. The van der Waals surface area contributed by atoms with Gasteiger partial charge < -0.3 is 29.3 Å². The second-order valence-corrected chi connectivity index (χ2v) is 11.8. The highest BCUT2D eigenvalue weighted by Crippen LogP contribution is 2.47. The molecule has 4 aromatic rings. The smallest absolute Gasteiger partial charge is 0.250 e. The fourth-order valence-electron chi connectivity index (χ4n) is 7.58. The number of carbonyl (C=O) groups excluding carboxylic acids is 1. The van der Waals surface area contributed by atoms with Crippen molar-refractivity contribution in [3.05, 3.63) is 93.7 Å². The van der Waals surface area contributed by atoms with E-state index in [2.05, 4.69) is 33.1 Å². The van der Waals surface area contributed by atoms with Crippen molar-refractivity contribution in [2.75, 3.05) is 25.1 Å². The van der Waals surface area contributed by atoms with Crippen molar-refractivity contribution in [3.8, 4) is 5.75 Å². The van der Waals surface area contributed by atoms with Crippen LogP contribution in [0.3, 0.4) is 0 Å². The Morgan fingerprint density at radius 1 is 1.14 bits per heavy atom. The van der Waals surface area contributed by atoms with Crippen LogP contribution in [0.1, 0.15) is 30.0 Å². The second kappa shape index (κ2) is 10.6. The topological polar surface area (TPSA) is 116 Å². The van der Waals surface area contributed by atoms with Crippen molar-refractivity contribution in [1.29, 1.82) is 0 Å². The highest BCUT2D eigenvalue weighted by atomic mass is 16.8. The normalized spacial score (nSPS) is 23.1. The summed E-state index contributed by atoms with van der Waals surface area (Å²) in [5, 5.41) is 24.8. The fourth-order valence-corrected chi connectivity index (χ4v) is 7.58. The van der Waals surface area contributed by atoms with Crippen LogP contribution < -0.4 is 25.7 Å². The molecular formula is C32H35N5O5. The fraction of sp³-hybridized carbons (Fsp3) is 0.375. The first-order valence-electron chi connectivity index (χ1n) is 14.6. The third-order valence-corrected chi connectivity index (χ3v) is 9.44. The van der Waals surface area contributed by atoms with E-state index in [9.17, 15) is 20.0 Å². The molecule has 5 heterocycles. The minimum Gasteiger partial charge on any atom is -0.595 e. The predicted molar refractivity (Wildman–Crippen MR) is 158 cm³/mol. The average Bonchev–Trinajstić information content (AvgIpc) is 3.41. The van der Waals surface area contributed by atoms with Crippen LogP contribution in [0.5, 0.6) is 5.75 Å². The van der Waals surface area contributed by atoms with E-state index in [1.165, 1.54) is 0 Å². The highest BCUT2D eigenvalue weighted by Gasteiger charge is 2.49. The van der Waals surface area contributed by atoms with Crippen LogP contribution >= 0.6 is 0 Å². The molecule has 2 bridgehead atoms. The van der Waals surface area contributed by atoms with Gasteiger partial charge in [0.05, 0.1) is 13.0 Å². The summed E-state index contributed by atoms with van der Waals surface area (Å²) in [6.07, 6.45) is 4.24. The Kier molecular flexibility index (Phi) is 6.76. The molecule has 0 saturated carbocycles. The minimum atomic E-state index is -0.972. The Morgan fingerprint density at radius 3 is 2.86 bits per heavy atom. The van der Waals surface area contributed by atoms with E-state index in [1.807, 2.05) is 34.9 Å². The lowest BCUT2D eigenvalue weighted by molar-refractivity contribution is -0.991. The summed E-state index contributed by atoms with van der Waals surface area (Å²) in [4.78, 5) is 28.9. The number of pyridine rings is 1. The summed E-state index contributed by atoms with van der Waals surface area (Å²) < 4.78 is 9.41. The molecule has 10 nitrogen and oxygen atoms in total. The number of ether oxygens (including phenoxy) is 1. The van der Waals surface area contributed by atoms with Crippen LogP contribution in [0, 0.1) is 17.0 Å². The molecule has 3 unspecified atom stereocenters. The lowest BCUT2D eigenvalue weighted by atomic mass is 9.70. The highest BCUT2D eigenvalue weighted by molar-refractivity contribution is 5.83. The van der Waals surface area contributed by atoms with Crippen LogP contribution in [-0.4, -0.2) is 46.5 Å². The van der Waals surface area contributed by atoms with E-state index in [0.29, 0.717) is 26.1 Å². The molecule has 42 heavy (non-hydrogen) atoms. The van der Waals surface area contributed by atoms with Crippen LogP contribution in [0.2, 0.25) is 0 Å². The van der Waals surface area contributed by atoms with Gasteiger partial charge in [0, 0.05) is 84.8 Å². The number of piperidine rings is 1. The van der Waals surface area contributed by atoms with Gasteiger partial charge in [-0.25, -0.2) is 5.21 Å². The van der Waals surface area contributed by atoms with Gasteiger partial charge in [-0.05, 0) is 67.1 Å². The number of carbonyl (C=O) groups is 1. The summed E-state index contributed by atoms with van der Waals surface area (Å²) in [5.74, 6) is 0.796. The number of anilines is 1. The van der Waals surface area contributed by atoms with Gasteiger partial charge in [0.2, 0.25) is 5.91 Å². The van der Waals surface area contributed by atoms with Crippen LogP contribution in [-0.2, 0) is 24.3 Å². The molecule has 1 saturated heterocycles. The van der Waals surface area contributed by atoms with E-state index in [1.54, 1.807) is 25.3 Å². The number of quaternary nitrogens is 1. The molecule has 2 aromatic heterocycles. The first-order chi connectivity index (χ1) is 20.4. The molecule has 3 aliphatic rings. The summed E-state index contributed by atoms with van der Waals surface area (Å²) in [7, 11) is 1.66. The van der Waals surface area contributed by atoms with Crippen molar-refractivity contribution in [2.24, 2.45) is 11.8 Å². The van der Waals surface area contributed by atoms with Crippen molar-refractivity contribution in [2.45, 2.75) is 44.3 Å². The van der Waals surface area contributed by atoms with E-state index >= 15 is 0 Å². The van der Waals surface area contributed by atoms with E-state index in [-0.39, 0.29) is 40.9 Å². The zero-order chi connectivity index (χ0) is 29.0. The number of nitrogens with zero attached hydrogens (tertiary/aromatic N) is 3. The minimum absolute atomic E-state index is 0.00920. The lowest BCUT2D eigenvalue weighted by Gasteiger charge is -2.54. The lowest BCUT2D eigenvalue weighted by Crippen LogP contribution is -2.99. The Bertz CT molecular complexity index is 1710. The monoisotopic (exact) mass is 569 g/mol. The van der Waals surface area contributed by atoms with Gasteiger partial charge in [-0.15, -0.1) is 0 Å². The van der Waals surface area contributed by atoms with Crippen LogP contribution in [0.15, 0.2) is 71.7 Å². The van der Waals surface area contributed by atoms with E-state index in [4.69, 9.17) is 4.74 Å². The number of hydrogen-bond donors (Lipinski definition) is 3. The molecule has 10 heteroatoms. The first kappa shape index (κ1) is 26.8. The number of aromatic nitrogens is 2. The van der Waals surface area contributed by atoms with Gasteiger partial charge in [0.1, 0.15) is 5.75 Å². The molecule has 1 amide bonds. The van der Waals surface area contributed by atoms with E-state index < -0.39 is 5.23 Å². The number of benzene rings is 2. The molecule has 3 aliphatic heterocycles. The first-order valence-corrected chi connectivity index (χ1v) is 14.6. The van der Waals surface area contributed by atoms with E-state index in [0.717, 1.165) is 53.0 Å². The van der Waals surface area contributed by atoms with Crippen molar-refractivity contribution < 1.29 is 20.0 Å². The average molecular weight is 570 g/mol. The zero-order valence-corrected chi connectivity index (χ0v) is 23.5. The Balaban J connectivity index is 1.12. The van der Waals surface area contributed by atoms with Crippen molar-refractivity contribution in [1.82, 2.24) is 14.5 Å². The maximum Gasteiger partial charge on any atom is 0.250 e. The number of hydrogen-bond acceptors (Lipinski definition) is 6. The Morgan fingerprint density at radius 2 is 2.02 bits per heavy atom. The Hall–Kier alpha value is -4.12. The number of nitrogens with one attached hydrogen (secondary N) is 2. The van der Waals surface area contributed by atoms with Crippen LogP contribution in [0.4, 0.5) is 11.4 Å². The molecule has 0 aliphatic carbocycles. The van der Waals surface area contributed by atoms with Gasteiger partial charge in [0.25, 0.3) is 5.56 Å².